The van der Waals surface area contributed by atoms with Crippen molar-refractivity contribution in [3.8, 4) is 11.4 Å². The SMILES string of the molecule is CCc1cccn1-c1ccc(Cl)cc1[C@H](C)c1cccc(OC)c1C1CC1. The van der Waals surface area contributed by atoms with Crippen LogP contribution < -0.4 is 4.74 Å². The Morgan fingerprint density at radius 3 is 2.63 bits per heavy atom. The number of hydrogen-bond acceptors (Lipinski definition) is 1. The summed E-state index contributed by atoms with van der Waals surface area (Å²) in [6.07, 6.45) is 5.64. The first-order valence-corrected chi connectivity index (χ1v) is 10.1. The molecule has 1 aromatic heterocycles. The highest BCUT2D eigenvalue weighted by molar-refractivity contribution is 6.30. The van der Waals surface area contributed by atoms with E-state index in [4.69, 9.17) is 16.3 Å². The van der Waals surface area contributed by atoms with Crippen molar-refractivity contribution in [3.05, 3.63) is 82.1 Å². The maximum atomic E-state index is 6.42. The zero-order chi connectivity index (χ0) is 19.0. The number of aryl methyl sites for hydroxylation is 1. The third-order valence-electron chi connectivity index (χ3n) is 5.68. The van der Waals surface area contributed by atoms with Crippen LogP contribution in [0.1, 0.15) is 60.9 Å². The fourth-order valence-corrected chi connectivity index (χ4v) is 4.30. The molecule has 0 saturated heterocycles. The average molecular weight is 380 g/mol. The Morgan fingerprint density at radius 2 is 1.93 bits per heavy atom. The van der Waals surface area contributed by atoms with E-state index >= 15 is 0 Å². The van der Waals surface area contributed by atoms with Crippen LogP contribution in [0.25, 0.3) is 5.69 Å². The predicted molar refractivity (Wildman–Crippen MR) is 113 cm³/mol. The van der Waals surface area contributed by atoms with E-state index in [0.717, 1.165) is 17.2 Å². The first-order chi connectivity index (χ1) is 13.1. The minimum absolute atomic E-state index is 0.233. The molecule has 1 saturated carbocycles. The van der Waals surface area contributed by atoms with Gasteiger partial charge in [0.15, 0.2) is 0 Å². The normalized spacial score (nSPS) is 15.0. The Bertz CT molecular complexity index is 955. The van der Waals surface area contributed by atoms with Gasteiger partial charge in [0, 0.05) is 34.1 Å². The van der Waals surface area contributed by atoms with Gasteiger partial charge in [-0.15, -0.1) is 0 Å². The Balaban J connectivity index is 1.86. The van der Waals surface area contributed by atoms with Crippen molar-refractivity contribution in [1.29, 1.82) is 0 Å². The second-order valence-corrected chi connectivity index (χ2v) is 7.82. The van der Waals surface area contributed by atoms with E-state index in [0.29, 0.717) is 5.92 Å². The largest absolute Gasteiger partial charge is 0.496 e. The smallest absolute Gasteiger partial charge is 0.122 e. The molecule has 27 heavy (non-hydrogen) atoms. The zero-order valence-electron chi connectivity index (χ0n) is 16.2. The second kappa shape index (κ2) is 7.44. The molecule has 1 aliphatic rings. The van der Waals surface area contributed by atoms with Crippen LogP contribution >= 0.6 is 11.6 Å². The van der Waals surface area contributed by atoms with Gasteiger partial charge < -0.3 is 9.30 Å². The topological polar surface area (TPSA) is 14.2 Å². The number of benzene rings is 2. The lowest BCUT2D eigenvalue weighted by atomic mass is 9.86. The molecule has 0 radical (unpaired) electrons. The highest BCUT2D eigenvalue weighted by Crippen LogP contribution is 2.48. The molecule has 0 spiro atoms. The third kappa shape index (κ3) is 3.39. The van der Waals surface area contributed by atoms with Crippen LogP contribution in [0.4, 0.5) is 0 Å². The van der Waals surface area contributed by atoms with Gasteiger partial charge in [0.1, 0.15) is 5.75 Å². The molecule has 140 valence electrons. The summed E-state index contributed by atoms with van der Waals surface area (Å²) in [5.41, 5.74) is 6.49. The summed E-state index contributed by atoms with van der Waals surface area (Å²) >= 11 is 6.42. The number of methoxy groups -OCH3 is 1. The number of rotatable bonds is 6. The summed E-state index contributed by atoms with van der Waals surface area (Å²) in [5, 5.41) is 0.779. The summed E-state index contributed by atoms with van der Waals surface area (Å²) in [6.45, 7) is 4.48. The van der Waals surface area contributed by atoms with E-state index in [-0.39, 0.29) is 5.92 Å². The van der Waals surface area contributed by atoms with Gasteiger partial charge in [0.2, 0.25) is 0 Å². The summed E-state index contributed by atoms with van der Waals surface area (Å²) in [5.74, 6) is 1.87. The van der Waals surface area contributed by atoms with Crippen LogP contribution in [-0.2, 0) is 6.42 Å². The molecule has 2 nitrogen and oxygen atoms in total. The van der Waals surface area contributed by atoms with E-state index < -0.39 is 0 Å². The van der Waals surface area contributed by atoms with Crippen LogP contribution in [-0.4, -0.2) is 11.7 Å². The molecule has 4 rings (SSSR count). The van der Waals surface area contributed by atoms with Gasteiger partial charge in [-0.1, -0.05) is 37.6 Å². The van der Waals surface area contributed by atoms with E-state index in [1.54, 1.807) is 7.11 Å². The Morgan fingerprint density at radius 1 is 1.11 bits per heavy atom. The summed E-state index contributed by atoms with van der Waals surface area (Å²) in [7, 11) is 1.77. The van der Waals surface area contributed by atoms with Crippen LogP contribution in [0.3, 0.4) is 0 Å². The molecule has 3 aromatic rings. The third-order valence-corrected chi connectivity index (χ3v) is 5.92. The molecule has 0 N–H and O–H groups in total. The van der Waals surface area contributed by atoms with Crippen molar-refractivity contribution < 1.29 is 4.74 Å². The highest BCUT2D eigenvalue weighted by Gasteiger charge is 2.31. The molecule has 1 heterocycles. The van der Waals surface area contributed by atoms with Gasteiger partial charge in [0.05, 0.1) is 7.11 Å². The average Bonchev–Trinajstić information content (AvgIpc) is 3.43. The molecule has 0 bridgehead atoms. The lowest BCUT2D eigenvalue weighted by molar-refractivity contribution is 0.408. The standard InChI is InChI=1S/C24H26ClNO/c1-4-19-7-6-14-26(19)22-13-12-18(25)15-21(22)16(2)20-8-5-9-23(27-3)24(20)17-10-11-17/h5-9,12-17H,4,10-11H2,1-3H3/t16-/m1/s1. The van der Waals surface area contributed by atoms with Crippen LogP contribution in [0.5, 0.6) is 5.75 Å². The van der Waals surface area contributed by atoms with Crippen molar-refractivity contribution in [2.24, 2.45) is 0 Å². The first kappa shape index (κ1) is 18.2. The second-order valence-electron chi connectivity index (χ2n) is 7.39. The van der Waals surface area contributed by atoms with Gasteiger partial charge in [-0.3, -0.25) is 0 Å². The highest BCUT2D eigenvalue weighted by atomic mass is 35.5. The molecular formula is C24H26ClNO. The fraction of sp³-hybridized carbons (Fsp3) is 0.333. The summed E-state index contributed by atoms with van der Waals surface area (Å²) in [4.78, 5) is 0. The lowest BCUT2D eigenvalue weighted by Gasteiger charge is -2.23. The number of aromatic nitrogens is 1. The Kier molecular flexibility index (Phi) is 5.01. The maximum Gasteiger partial charge on any atom is 0.122 e. The fourth-order valence-electron chi connectivity index (χ4n) is 4.12. The molecule has 0 aliphatic heterocycles. The van der Waals surface area contributed by atoms with Crippen LogP contribution in [0, 0.1) is 0 Å². The molecule has 1 aliphatic carbocycles. The minimum Gasteiger partial charge on any atom is -0.496 e. The van der Waals surface area contributed by atoms with Crippen molar-refractivity contribution in [1.82, 2.24) is 4.57 Å². The zero-order valence-corrected chi connectivity index (χ0v) is 17.0. The van der Waals surface area contributed by atoms with E-state index in [9.17, 15) is 0 Å². The Labute approximate surface area is 166 Å². The van der Waals surface area contributed by atoms with Crippen LogP contribution in [0.2, 0.25) is 5.02 Å². The van der Waals surface area contributed by atoms with Gasteiger partial charge in [-0.2, -0.15) is 0 Å². The van der Waals surface area contributed by atoms with Gasteiger partial charge in [-0.25, -0.2) is 0 Å². The van der Waals surface area contributed by atoms with Crippen molar-refractivity contribution in [2.75, 3.05) is 7.11 Å². The van der Waals surface area contributed by atoms with E-state index in [1.165, 1.54) is 40.9 Å². The molecule has 2 aromatic carbocycles. The van der Waals surface area contributed by atoms with Crippen molar-refractivity contribution >= 4 is 11.6 Å². The summed E-state index contributed by atoms with van der Waals surface area (Å²) < 4.78 is 8.00. The first-order valence-electron chi connectivity index (χ1n) is 9.76. The van der Waals surface area contributed by atoms with Crippen molar-refractivity contribution in [2.45, 2.75) is 44.9 Å². The van der Waals surface area contributed by atoms with E-state index in [1.807, 2.05) is 6.07 Å². The van der Waals surface area contributed by atoms with Crippen molar-refractivity contribution in [3.63, 3.8) is 0 Å². The minimum atomic E-state index is 0.233. The summed E-state index contributed by atoms with van der Waals surface area (Å²) in [6, 6.07) is 17.0. The molecule has 0 amide bonds. The monoisotopic (exact) mass is 379 g/mol. The number of halogens is 1. The quantitative estimate of drug-likeness (QED) is 0.463. The lowest BCUT2D eigenvalue weighted by Crippen LogP contribution is -2.08. The number of nitrogens with zero attached hydrogens (tertiary/aromatic N) is 1. The van der Waals surface area contributed by atoms with Gasteiger partial charge in [-0.05, 0) is 72.7 Å². The number of hydrogen-bond donors (Lipinski definition) is 0. The number of ether oxygens (including phenoxy) is 1. The van der Waals surface area contributed by atoms with Gasteiger partial charge in [0.25, 0.3) is 0 Å². The molecular weight excluding hydrogens is 354 g/mol. The molecule has 1 atom stereocenters. The maximum absolute atomic E-state index is 6.42. The van der Waals surface area contributed by atoms with E-state index in [2.05, 4.69) is 67.1 Å². The predicted octanol–water partition coefficient (Wildman–Crippen LogP) is 6.73. The van der Waals surface area contributed by atoms with Crippen LogP contribution in [0.15, 0.2) is 54.7 Å². The molecule has 0 unspecified atom stereocenters. The Hall–Kier alpha value is -2.19. The molecule has 1 fully saturated rings. The molecule has 3 heteroatoms. The van der Waals surface area contributed by atoms with Gasteiger partial charge >= 0.3 is 0 Å².